The highest BCUT2D eigenvalue weighted by atomic mass is 16.3. The molecule has 2 rings (SSSR count). The number of aromatic hydroxyl groups is 1. The van der Waals surface area contributed by atoms with Gasteiger partial charge in [-0.1, -0.05) is 42.0 Å². The van der Waals surface area contributed by atoms with Gasteiger partial charge in [0.1, 0.15) is 11.5 Å². The van der Waals surface area contributed by atoms with Crippen molar-refractivity contribution in [1.82, 2.24) is 0 Å². The van der Waals surface area contributed by atoms with Crippen LogP contribution in [-0.4, -0.2) is 16.0 Å². The van der Waals surface area contributed by atoms with Crippen molar-refractivity contribution in [2.75, 3.05) is 0 Å². The van der Waals surface area contributed by atoms with Crippen LogP contribution in [0.4, 0.5) is 0 Å². The zero-order chi connectivity index (χ0) is 13.8. The van der Waals surface area contributed by atoms with Crippen LogP contribution in [0.2, 0.25) is 0 Å². The number of hydrogen-bond acceptors (Lipinski definition) is 3. The summed E-state index contributed by atoms with van der Waals surface area (Å²) in [6.07, 6.45) is 1.11. The summed E-state index contributed by atoms with van der Waals surface area (Å²) in [6.45, 7) is 1.83. The summed E-state index contributed by atoms with van der Waals surface area (Å²) in [6, 6.07) is 13.5. The first kappa shape index (κ1) is 12.9. The third-order valence-electron chi connectivity index (χ3n) is 2.75. The van der Waals surface area contributed by atoms with Crippen LogP contribution in [0.5, 0.6) is 5.75 Å². The molecule has 96 valence electrons. The standard InChI is InChI=1S/C16H14O3/c1-11-7-8-14(17)13(9-11)16(19)10-15(18)12-5-3-2-4-6-12/h2-10,17-18H,1H3/b15-10+. The number of carbonyl (C=O) groups is 1. The van der Waals surface area contributed by atoms with Gasteiger partial charge in [-0.3, -0.25) is 4.79 Å². The van der Waals surface area contributed by atoms with Crippen molar-refractivity contribution in [3.05, 3.63) is 71.3 Å². The Morgan fingerprint density at radius 2 is 1.79 bits per heavy atom. The molecule has 0 heterocycles. The highest BCUT2D eigenvalue weighted by molar-refractivity contribution is 6.09. The van der Waals surface area contributed by atoms with Gasteiger partial charge in [0, 0.05) is 11.6 Å². The molecule has 3 heteroatoms. The molecule has 0 saturated heterocycles. The van der Waals surface area contributed by atoms with E-state index >= 15 is 0 Å². The Hall–Kier alpha value is -2.55. The van der Waals surface area contributed by atoms with Crippen molar-refractivity contribution in [3.63, 3.8) is 0 Å². The van der Waals surface area contributed by atoms with Crippen LogP contribution in [0.15, 0.2) is 54.6 Å². The van der Waals surface area contributed by atoms with E-state index in [4.69, 9.17) is 0 Å². The second-order valence-corrected chi connectivity index (χ2v) is 4.28. The first-order chi connectivity index (χ1) is 9.08. The van der Waals surface area contributed by atoms with Gasteiger partial charge in [0.2, 0.25) is 0 Å². The van der Waals surface area contributed by atoms with Crippen LogP contribution in [0.3, 0.4) is 0 Å². The number of phenols is 1. The minimum atomic E-state index is -0.428. The molecular formula is C16H14O3. The average molecular weight is 254 g/mol. The highest BCUT2D eigenvalue weighted by Crippen LogP contribution is 2.20. The second kappa shape index (κ2) is 5.40. The van der Waals surface area contributed by atoms with Crippen molar-refractivity contribution < 1.29 is 15.0 Å². The Morgan fingerprint density at radius 1 is 1.11 bits per heavy atom. The molecule has 3 nitrogen and oxygen atoms in total. The topological polar surface area (TPSA) is 57.5 Å². The van der Waals surface area contributed by atoms with Gasteiger partial charge >= 0.3 is 0 Å². The number of rotatable bonds is 3. The predicted octanol–water partition coefficient (Wildman–Crippen LogP) is 3.48. The zero-order valence-electron chi connectivity index (χ0n) is 10.5. The van der Waals surface area contributed by atoms with E-state index in [9.17, 15) is 15.0 Å². The molecule has 2 aromatic carbocycles. The summed E-state index contributed by atoms with van der Waals surface area (Å²) < 4.78 is 0. The number of phenolic OH excluding ortho intramolecular Hbond substituents is 1. The van der Waals surface area contributed by atoms with Crippen molar-refractivity contribution in [3.8, 4) is 5.75 Å². The molecule has 19 heavy (non-hydrogen) atoms. The van der Waals surface area contributed by atoms with Crippen LogP contribution in [0.25, 0.3) is 5.76 Å². The third-order valence-corrected chi connectivity index (χ3v) is 2.75. The van der Waals surface area contributed by atoms with E-state index in [1.54, 1.807) is 36.4 Å². The lowest BCUT2D eigenvalue weighted by Crippen LogP contribution is -1.98. The minimum absolute atomic E-state index is 0.0901. The van der Waals surface area contributed by atoms with Crippen molar-refractivity contribution in [2.24, 2.45) is 0 Å². The number of hydrogen-bond donors (Lipinski definition) is 2. The fourth-order valence-electron chi connectivity index (χ4n) is 1.74. The normalized spacial score (nSPS) is 11.3. The van der Waals surface area contributed by atoms with Gasteiger partial charge in [-0.05, 0) is 19.1 Å². The summed E-state index contributed by atoms with van der Waals surface area (Å²) in [4.78, 5) is 12.0. The van der Waals surface area contributed by atoms with E-state index < -0.39 is 5.78 Å². The summed E-state index contributed by atoms with van der Waals surface area (Å²) in [5, 5.41) is 19.5. The predicted molar refractivity (Wildman–Crippen MR) is 74.2 cm³/mol. The lowest BCUT2D eigenvalue weighted by molar-refractivity contribution is 0.104. The van der Waals surface area contributed by atoms with E-state index in [-0.39, 0.29) is 17.1 Å². The molecule has 0 fully saturated rings. The number of ketones is 1. The molecule has 2 aromatic rings. The van der Waals surface area contributed by atoms with E-state index in [0.717, 1.165) is 11.6 Å². The number of aliphatic hydroxyl groups is 1. The maximum Gasteiger partial charge on any atom is 0.193 e. The maximum atomic E-state index is 12.0. The van der Waals surface area contributed by atoms with Gasteiger partial charge < -0.3 is 10.2 Å². The second-order valence-electron chi connectivity index (χ2n) is 4.28. The van der Waals surface area contributed by atoms with Crippen LogP contribution in [0, 0.1) is 6.92 Å². The van der Waals surface area contributed by atoms with Gasteiger partial charge in [0.05, 0.1) is 5.56 Å². The van der Waals surface area contributed by atoms with Crippen LogP contribution in [-0.2, 0) is 0 Å². The van der Waals surface area contributed by atoms with Gasteiger partial charge in [-0.2, -0.15) is 0 Å². The Bertz CT molecular complexity index is 628. The summed E-state index contributed by atoms with van der Waals surface area (Å²) in [5.41, 5.74) is 1.61. The number of allylic oxidation sites excluding steroid dienone is 1. The zero-order valence-corrected chi connectivity index (χ0v) is 10.5. The number of carbonyl (C=O) groups excluding carboxylic acids is 1. The lowest BCUT2D eigenvalue weighted by Gasteiger charge is -2.03. The lowest BCUT2D eigenvalue weighted by atomic mass is 10.0. The average Bonchev–Trinajstić information content (AvgIpc) is 2.42. The van der Waals surface area contributed by atoms with E-state index in [1.165, 1.54) is 6.07 Å². The monoisotopic (exact) mass is 254 g/mol. The number of benzene rings is 2. The SMILES string of the molecule is Cc1ccc(O)c(C(=O)/C=C(/O)c2ccccc2)c1. The van der Waals surface area contributed by atoms with Gasteiger partial charge in [0.15, 0.2) is 5.78 Å². The van der Waals surface area contributed by atoms with Gasteiger partial charge in [-0.25, -0.2) is 0 Å². The first-order valence-electron chi connectivity index (χ1n) is 5.88. The van der Waals surface area contributed by atoms with Crippen molar-refractivity contribution >= 4 is 11.5 Å². The van der Waals surface area contributed by atoms with E-state index in [2.05, 4.69) is 0 Å². The summed E-state index contributed by atoms with van der Waals surface area (Å²) in [5.74, 6) is -0.637. The quantitative estimate of drug-likeness (QED) is 0.501. The highest BCUT2D eigenvalue weighted by Gasteiger charge is 2.10. The van der Waals surface area contributed by atoms with Crippen molar-refractivity contribution in [2.45, 2.75) is 6.92 Å². The van der Waals surface area contributed by atoms with Gasteiger partial charge in [-0.15, -0.1) is 0 Å². The summed E-state index contributed by atoms with van der Waals surface area (Å²) >= 11 is 0. The number of aryl methyl sites for hydroxylation is 1. The first-order valence-corrected chi connectivity index (χ1v) is 5.88. The Labute approximate surface area is 111 Å². The molecule has 0 atom stereocenters. The molecule has 0 spiro atoms. The Morgan fingerprint density at radius 3 is 2.47 bits per heavy atom. The summed E-state index contributed by atoms with van der Waals surface area (Å²) in [7, 11) is 0. The van der Waals surface area contributed by atoms with Crippen LogP contribution >= 0.6 is 0 Å². The molecule has 0 aromatic heterocycles. The molecule has 0 unspecified atom stereocenters. The molecule has 0 aliphatic rings. The minimum Gasteiger partial charge on any atom is -0.507 e. The van der Waals surface area contributed by atoms with Crippen LogP contribution < -0.4 is 0 Å². The molecule has 0 radical (unpaired) electrons. The maximum absolute atomic E-state index is 12.0. The molecule has 0 aliphatic carbocycles. The Balaban J connectivity index is 2.33. The van der Waals surface area contributed by atoms with E-state index in [0.29, 0.717) is 5.56 Å². The molecular weight excluding hydrogens is 240 g/mol. The molecule has 0 saturated carbocycles. The van der Waals surface area contributed by atoms with E-state index in [1.807, 2.05) is 13.0 Å². The fraction of sp³-hybridized carbons (Fsp3) is 0.0625. The fourth-order valence-corrected chi connectivity index (χ4v) is 1.74. The molecule has 2 N–H and O–H groups in total. The number of aliphatic hydroxyl groups excluding tert-OH is 1. The van der Waals surface area contributed by atoms with Crippen LogP contribution in [0.1, 0.15) is 21.5 Å². The Kier molecular flexibility index (Phi) is 3.66. The van der Waals surface area contributed by atoms with Crippen molar-refractivity contribution in [1.29, 1.82) is 0 Å². The molecule has 0 amide bonds. The van der Waals surface area contributed by atoms with Gasteiger partial charge in [0.25, 0.3) is 0 Å². The third kappa shape index (κ3) is 3.01. The molecule has 0 aliphatic heterocycles. The molecule has 0 bridgehead atoms. The largest absolute Gasteiger partial charge is 0.507 e. The smallest absolute Gasteiger partial charge is 0.193 e.